The van der Waals surface area contributed by atoms with Gasteiger partial charge in [0.05, 0.1) is 11.3 Å². The van der Waals surface area contributed by atoms with Crippen LogP contribution in [0.1, 0.15) is 45.1 Å². The number of likely N-dealkylation sites (tertiary alicyclic amines) is 1. The van der Waals surface area contributed by atoms with Gasteiger partial charge in [0, 0.05) is 18.0 Å². The van der Waals surface area contributed by atoms with Gasteiger partial charge in [0.2, 0.25) is 11.9 Å². The summed E-state index contributed by atoms with van der Waals surface area (Å²) >= 11 is 0. The molecule has 1 saturated carbocycles. The van der Waals surface area contributed by atoms with Crippen LogP contribution in [0.3, 0.4) is 0 Å². The van der Waals surface area contributed by atoms with Crippen LogP contribution in [0.4, 0.5) is 5.95 Å². The molecule has 1 saturated heterocycles. The van der Waals surface area contributed by atoms with E-state index in [-0.39, 0.29) is 11.8 Å². The summed E-state index contributed by atoms with van der Waals surface area (Å²) in [4.78, 5) is 19.0. The minimum atomic E-state index is -0.587. The minimum Gasteiger partial charge on any atom is -0.390 e. The van der Waals surface area contributed by atoms with Crippen LogP contribution in [-0.4, -0.2) is 49.2 Å². The first-order valence-electron chi connectivity index (χ1n) is 11.6. The number of nitrogens with zero attached hydrogens (tertiary/aromatic N) is 4. The summed E-state index contributed by atoms with van der Waals surface area (Å²) in [5.74, 6) is 0.872. The second-order valence-electron chi connectivity index (χ2n) is 9.78. The monoisotopic (exact) mass is 433 g/mol. The van der Waals surface area contributed by atoms with Crippen molar-refractivity contribution < 1.29 is 9.90 Å². The highest BCUT2D eigenvalue weighted by molar-refractivity contribution is 5.92. The topological polar surface area (TPSA) is 82.8 Å². The van der Waals surface area contributed by atoms with Gasteiger partial charge >= 0.3 is 0 Å². The van der Waals surface area contributed by atoms with E-state index < -0.39 is 5.60 Å². The summed E-state index contributed by atoms with van der Waals surface area (Å²) < 4.78 is 1.79. The van der Waals surface area contributed by atoms with Crippen molar-refractivity contribution in [2.24, 2.45) is 11.8 Å². The Kier molecular flexibility index (Phi) is 5.47. The Morgan fingerprint density at radius 2 is 1.81 bits per heavy atom. The third-order valence-electron chi connectivity index (χ3n) is 6.79. The highest BCUT2D eigenvalue weighted by Crippen LogP contribution is 2.30. The molecule has 1 aromatic carbocycles. The fourth-order valence-corrected chi connectivity index (χ4v) is 4.57. The Bertz CT molecular complexity index is 1100. The Morgan fingerprint density at radius 3 is 2.47 bits per heavy atom. The number of amides is 1. The van der Waals surface area contributed by atoms with Crippen molar-refractivity contribution >= 4 is 17.5 Å². The number of hydrogen-bond donors (Lipinski definition) is 2. The molecule has 0 atom stereocenters. The van der Waals surface area contributed by atoms with Crippen molar-refractivity contribution in [2.45, 2.75) is 51.7 Å². The zero-order valence-electron chi connectivity index (χ0n) is 18.8. The van der Waals surface area contributed by atoms with Crippen molar-refractivity contribution in [1.29, 1.82) is 0 Å². The predicted molar refractivity (Wildman–Crippen MR) is 124 cm³/mol. The van der Waals surface area contributed by atoms with Crippen molar-refractivity contribution in [2.75, 3.05) is 18.4 Å². The quantitative estimate of drug-likeness (QED) is 0.619. The molecule has 168 valence electrons. The lowest BCUT2D eigenvalue weighted by atomic mass is 9.83. The van der Waals surface area contributed by atoms with Crippen LogP contribution >= 0.6 is 0 Å². The SMILES string of the molecule is CC(C)(O)C1CCN(Cc2ccc(-c3cccc4nc(NC(=O)C5CC5)nn34)cc2)CC1. The van der Waals surface area contributed by atoms with Crippen LogP contribution < -0.4 is 5.32 Å². The predicted octanol–water partition coefficient (Wildman–Crippen LogP) is 3.73. The number of benzene rings is 1. The molecule has 2 aliphatic rings. The molecule has 0 radical (unpaired) electrons. The van der Waals surface area contributed by atoms with E-state index in [1.165, 1.54) is 5.56 Å². The molecule has 2 aromatic heterocycles. The van der Waals surface area contributed by atoms with Gasteiger partial charge in [0.15, 0.2) is 5.65 Å². The summed E-state index contributed by atoms with van der Waals surface area (Å²) in [6, 6.07) is 14.5. The van der Waals surface area contributed by atoms with Gasteiger partial charge in [-0.05, 0) is 76.2 Å². The summed E-state index contributed by atoms with van der Waals surface area (Å²) in [5.41, 5.74) is 3.41. The van der Waals surface area contributed by atoms with Gasteiger partial charge in [-0.1, -0.05) is 30.3 Å². The van der Waals surface area contributed by atoms with Gasteiger partial charge in [-0.25, -0.2) is 4.52 Å². The number of fused-ring (bicyclic) bond motifs is 1. The van der Waals surface area contributed by atoms with Crippen molar-refractivity contribution in [3.05, 3.63) is 48.0 Å². The van der Waals surface area contributed by atoms with E-state index in [2.05, 4.69) is 44.6 Å². The van der Waals surface area contributed by atoms with Crippen LogP contribution in [0.15, 0.2) is 42.5 Å². The van der Waals surface area contributed by atoms with E-state index in [1.807, 2.05) is 32.0 Å². The summed E-state index contributed by atoms with van der Waals surface area (Å²) in [7, 11) is 0. The molecule has 1 aliphatic carbocycles. The molecule has 7 heteroatoms. The molecule has 2 fully saturated rings. The van der Waals surface area contributed by atoms with Crippen LogP contribution in [0.25, 0.3) is 16.9 Å². The molecule has 2 N–H and O–H groups in total. The zero-order chi connectivity index (χ0) is 22.3. The third-order valence-corrected chi connectivity index (χ3v) is 6.79. The Balaban J connectivity index is 1.27. The molecule has 3 aromatic rings. The first kappa shape index (κ1) is 21.1. The van der Waals surface area contributed by atoms with Crippen LogP contribution in [0, 0.1) is 11.8 Å². The number of anilines is 1. The fourth-order valence-electron chi connectivity index (χ4n) is 4.57. The van der Waals surface area contributed by atoms with Gasteiger partial charge in [-0.15, -0.1) is 5.10 Å². The number of carbonyl (C=O) groups excluding carboxylic acids is 1. The molecule has 0 spiro atoms. The molecule has 1 aliphatic heterocycles. The van der Waals surface area contributed by atoms with Crippen molar-refractivity contribution in [1.82, 2.24) is 19.5 Å². The van der Waals surface area contributed by atoms with E-state index in [1.54, 1.807) is 4.52 Å². The third kappa shape index (κ3) is 4.54. The second kappa shape index (κ2) is 8.30. The fraction of sp³-hybridized carbons (Fsp3) is 0.480. The number of aliphatic hydroxyl groups is 1. The maximum absolute atomic E-state index is 12.1. The first-order valence-corrected chi connectivity index (χ1v) is 11.6. The average Bonchev–Trinajstić information content (AvgIpc) is 3.54. The highest BCUT2D eigenvalue weighted by atomic mass is 16.3. The molecular formula is C25H31N5O2. The Hall–Kier alpha value is -2.77. The first-order chi connectivity index (χ1) is 15.4. The normalized spacial score (nSPS) is 18.2. The average molecular weight is 434 g/mol. The molecule has 0 bridgehead atoms. The van der Waals surface area contributed by atoms with Gasteiger partial charge in [-0.2, -0.15) is 4.98 Å². The summed E-state index contributed by atoms with van der Waals surface area (Å²) in [6.45, 7) is 6.80. The number of piperidine rings is 1. The maximum Gasteiger partial charge on any atom is 0.249 e. The summed E-state index contributed by atoms with van der Waals surface area (Å²) in [5, 5.41) is 17.6. The molecule has 1 amide bonds. The van der Waals surface area contributed by atoms with Crippen molar-refractivity contribution in [3.63, 3.8) is 0 Å². The molecule has 3 heterocycles. The number of carbonyl (C=O) groups is 1. The second-order valence-corrected chi connectivity index (χ2v) is 9.78. The number of aromatic nitrogens is 3. The standard InChI is InChI=1S/C25H31N5O2/c1-25(2,32)20-12-14-29(15-13-20)16-17-6-8-18(9-7-17)21-4-3-5-22-26-24(28-30(21)22)27-23(31)19-10-11-19/h3-9,19-20,32H,10-16H2,1-2H3,(H,27,28,31). The van der Waals surface area contributed by atoms with Gasteiger partial charge in [0.25, 0.3) is 0 Å². The smallest absolute Gasteiger partial charge is 0.249 e. The highest BCUT2D eigenvalue weighted by Gasteiger charge is 2.31. The lowest BCUT2D eigenvalue weighted by molar-refractivity contribution is -0.117. The number of nitrogens with one attached hydrogen (secondary N) is 1. The van der Waals surface area contributed by atoms with Gasteiger partial charge in [0.1, 0.15) is 0 Å². The van der Waals surface area contributed by atoms with Crippen LogP contribution in [-0.2, 0) is 11.3 Å². The van der Waals surface area contributed by atoms with E-state index in [9.17, 15) is 9.90 Å². The van der Waals surface area contributed by atoms with Gasteiger partial charge in [-0.3, -0.25) is 15.0 Å². The van der Waals surface area contributed by atoms with E-state index >= 15 is 0 Å². The summed E-state index contributed by atoms with van der Waals surface area (Å²) in [6.07, 6.45) is 3.98. The zero-order valence-corrected chi connectivity index (χ0v) is 18.8. The largest absolute Gasteiger partial charge is 0.390 e. The molecule has 0 unspecified atom stereocenters. The molecule has 7 nitrogen and oxygen atoms in total. The van der Waals surface area contributed by atoms with Crippen molar-refractivity contribution in [3.8, 4) is 11.3 Å². The number of hydrogen-bond acceptors (Lipinski definition) is 5. The van der Waals surface area contributed by atoms with E-state index in [0.717, 1.165) is 56.6 Å². The van der Waals surface area contributed by atoms with Crippen LogP contribution in [0.2, 0.25) is 0 Å². The number of pyridine rings is 1. The van der Waals surface area contributed by atoms with Crippen LogP contribution in [0.5, 0.6) is 0 Å². The Morgan fingerprint density at radius 1 is 1.09 bits per heavy atom. The number of rotatable bonds is 6. The van der Waals surface area contributed by atoms with Gasteiger partial charge < -0.3 is 5.11 Å². The van der Waals surface area contributed by atoms with E-state index in [4.69, 9.17) is 0 Å². The maximum atomic E-state index is 12.1. The lowest BCUT2D eigenvalue weighted by Crippen LogP contribution is -2.41. The Labute approximate surface area is 188 Å². The lowest BCUT2D eigenvalue weighted by Gasteiger charge is -2.37. The van der Waals surface area contributed by atoms with E-state index in [0.29, 0.717) is 17.5 Å². The molecule has 32 heavy (non-hydrogen) atoms. The minimum absolute atomic E-state index is 0.0124. The molecular weight excluding hydrogens is 402 g/mol. The molecule has 5 rings (SSSR count).